The second-order valence-electron chi connectivity index (χ2n) is 5.59. The zero-order valence-corrected chi connectivity index (χ0v) is 13.1. The van der Waals surface area contributed by atoms with Crippen molar-refractivity contribution < 1.29 is 4.74 Å². The number of nitrogens with zero attached hydrogens (tertiary/aromatic N) is 2. The van der Waals surface area contributed by atoms with Crippen LogP contribution in [0.3, 0.4) is 0 Å². The van der Waals surface area contributed by atoms with Gasteiger partial charge >= 0.3 is 0 Å². The largest absolute Gasteiger partial charge is 0.497 e. The summed E-state index contributed by atoms with van der Waals surface area (Å²) in [6, 6.07) is 8.29. The Kier molecular flexibility index (Phi) is 6.38. The van der Waals surface area contributed by atoms with E-state index in [4.69, 9.17) is 10.5 Å². The van der Waals surface area contributed by atoms with Crippen LogP contribution in [0.4, 0.5) is 0 Å². The van der Waals surface area contributed by atoms with Crippen molar-refractivity contribution in [2.75, 3.05) is 26.7 Å². The van der Waals surface area contributed by atoms with Crippen molar-refractivity contribution in [2.24, 2.45) is 10.7 Å². The minimum atomic E-state index is 0.735. The number of piperidine rings is 1. The molecule has 4 heteroatoms. The summed E-state index contributed by atoms with van der Waals surface area (Å²) in [6.45, 7) is 2.97. The summed E-state index contributed by atoms with van der Waals surface area (Å²) in [7, 11) is 1.69. The zero-order valence-electron chi connectivity index (χ0n) is 13.1. The molecule has 116 valence electrons. The molecule has 0 atom stereocenters. The molecule has 0 unspecified atom stereocenters. The Hall–Kier alpha value is -1.71. The standard InChI is InChI=1S/C17H27N3O/c1-21-16-10-8-15(9-11-16)7-3-4-12-19-17(18)20-13-5-2-6-14-20/h8-11H,2-7,12-14H2,1H3,(H2,18,19). The van der Waals surface area contributed by atoms with E-state index in [9.17, 15) is 0 Å². The maximum atomic E-state index is 6.04. The van der Waals surface area contributed by atoms with E-state index in [1.54, 1.807) is 7.11 Å². The van der Waals surface area contributed by atoms with Crippen LogP contribution < -0.4 is 10.5 Å². The smallest absolute Gasteiger partial charge is 0.191 e. The fourth-order valence-corrected chi connectivity index (χ4v) is 2.65. The summed E-state index contributed by atoms with van der Waals surface area (Å²) in [4.78, 5) is 6.72. The summed E-state index contributed by atoms with van der Waals surface area (Å²) >= 11 is 0. The number of benzene rings is 1. The molecule has 0 amide bonds. The number of methoxy groups -OCH3 is 1. The van der Waals surface area contributed by atoms with Gasteiger partial charge in [0.25, 0.3) is 0 Å². The van der Waals surface area contributed by atoms with E-state index >= 15 is 0 Å². The highest BCUT2D eigenvalue weighted by molar-refractivity contribution is 5.78. The topological polar surface area (TPSA) is 50.9 Å². The van der Waals surface area contributed by atoms with E-state index in [0.717, 1.165) is 50.6 Å². The fraction of sp³-hybridized carbons (Fsp3) is 0.588. The number of likely N-dealkylation sites (tertiary alicyclic amines) is 1. The molecule has 0 radical (unpaired) electrons. The van der Waals surface area contributed by atoms with Gasteiger partial charge in [0.2, 0.25) is 0 Å². The minimum absolute atomic E-state index is 0.735. The van der Waals surface area contributed by atoms with Crippen molar-refractivity contribution in [1.29, 1.82) is 0 Å². The molecule has 1 aromatic rings. The van der Waals surface area contributed by atoms with Crippen LogP contribution in [0.25, 0.3) is 0 Å². The van der Waals surface area contributed by atoms with E-state index in [-0.39, 0.29) is 0 Å². The Morgan fingerprint density at radius 3 is 2.52 bits per heavy atom. The van der Waals surface area contributed by atoms with Crippen molar-refractivity contribution in [3.05, 3.63) is 29.8 Å². The number of aryl methyl sites for hydroxylation is 1. The van der Waals surface area contributed by atoms with E-state index in [0.29, 0.717) is 0 Å². The first-order chi connectivity index (χ1) is 10.3. The third-order valence-electron chi connectivity index (χ3n) is 3.99. The molecule has 0 bridgehead atoms. The number of ether oxygens (including phenoxy) is 1. The number of rotatable bonds is 6. The van der Waals surface area contributed by atoms with E-state index in [1.807, 2.05) is 12.1 Å². The molecule has 1 aliphatic heterocycles. The highest BCUT2D eigenvalue weighted by Gasteiger charge is 2.11. The van der Waals surface area contributed by atoms with E-state index < -0.39 is 0 Å². The van der Waals surface area contributed by atoms with Gasteiger partial charge in [-0.1, -0.05) is 12.1 Å². The Balaban J connectivity index is 1.64. The van der Waals surface area contributed by atoms with Gasteiger partial charge in [-0.25, -0.2) is 0 Å². The summed E-state index contributed by atoms with van der Waals surface area (Å²) in [5.41, 5.74) is 7.39. The van der Waals surface area contributed by atoms with E-state index in [1.165, 1.54) is 24.8 Å². The Bertz CT molecular complexity index is 436. The Morgan fingerprint density at radius 1 is 1.14 bits per heavy atom. The Morgan fingerprint density at radius 2 is 1.86 bits per heavy atom. The first-order valence-electron chi connectivity index (χ1n) is 7.97. The molecule has 0 spiro atoms. The van der Waals surface area contributed by atoms with Crippen molar-refractivity contribution in [3.8, 4) is 5.75 Å². The lowest BCUT2D eigenvalue weighted by Gasteiger charge is -2.27. The number of unbranched alkanes of at least 4 members (excludes halogenated alkanes) is 1. The van der Waals surface area contributed by atoms with E-state index in [2.05, 4.69) is 22.0 Å². The van der Waals surface area contributed by atoms with Gasteiger partial charge in [0.05, 0.1) is 7.11 Å². The van der Waals surface area contributed by atoms with Gasteiger partial charge in [-0.15, -0.1) is 0 Å². The van der Waals surface area contributed by atoms with Gasteiger partial charge in [0, 0.05) is 19.6 Å². The molecule has 1 aliphatic rings. The third-order valence-corrected chi connectivity index (χ3v) is 3.99. The molecule has 0 saturated carbocycles. The summed E-state index contributed by atoms with van der Waals surface area (Å²) < 4.78 is 5.16. The number of hydrogen-bond acceptors (Lipinski definition) is 2. The molecule has 1 aromatic carbocycles. The van der Waals surface area contributed by atoms with Gasteiger partial charge in [0.15, 0.2) is 5.96 Å². The summed E-state index contributed by atoms with van der Waals surface area (Å²) in [5.74, 6) is 1.65. The van der Waals surface area contributed by atoms with Crippen LogP contribution in [0, 0.1) is 0 Å². The van der Waals surface area contributed by atoms with Crippen LogP contribution in [-0.2, 0) is 6.42 Å². The normalized spacial score (nSPS) is 16.0. The second kappa shape index (κ2) is 8.55. The van der Waals surface area contributed by atoms with Crippen LogP contribution in [0.2, 0.25) is 0 Å². The second-order valence-corrected chi connectivity index (χ2v) is 5.59. The minimum Gasteiger partial charge on any atom is -0.497 e. The number of guanidine groups is 1. The molecular weight excluding hydrogens is 262 g/mol. The average molecular weight is 289 g/mol. The third kappa shape index (κ3) is 5.29. The maximum Gasteiger partial charge on any atom is 0.191 e. The monoisotopic (exact) mass is 289 g/mol. The molecule has 4 nitrogen and oxygen atoms in total. The van der Waals surface area contributed by atoms with Gasteiger partial charge in [-0.05, 0) is 56.2 Å². The van der Waals surface area contributed by atoms with Crippen LogP contribution in [-0.4, -0.2) is 37.6 Å². The quantitative estimate of drug-likeness (QED) is 0.498. The molecule has 1 heterocycles. The molecule has 21 heavy (non-hydrogen) atoms. The van der Waals surface area contributed by atoms with Gasteiger partial charge in [-0.3, -0.25) is 4.99 Å². The highest BCUT2D eigenvalue weighted by Crippen LogP contribution is 2.13. The van der Waals surface area contributed by atoms with Gasteiger partial charge in [0.1, 0.15) is 5.75 Å². The molecule has 2 rings (SSSR count). The summed E-state index contributed by atoms with van der Waals surface area (Å²) in [5, 5.41) is 0. The van der Waals surface area contributed by atoms with Crippen molar-refractivity contribution >= 4 is 5.96 Å². The molecule has 1 saturated heterocycles. The molecule has 1 fully saturated rings. The highest BCUT2D eigenvalue weighted by atomic mass is 16.5. The van der Waals surface area contributed by atoms with Crippen molar-refractivity contribution in [2.45, 2.75) is 38.5 Å². The zero-order chi connectivity index (χ0) is 14.9. The van der Waals surface area contributed by atoms with Crippen LogP contribution in [0.1, 0.15) is 37.7 Å². The van der Waals surface area contributed by atoms with Crippen LogP contribution >= 0.6 is 0 Å². The SMILES string of the molecule is COc1ccc(CCCCN=C(N)N2CCCCC2)cc1. The molecule has 0 aliphatic carbocycles. The van der Waals surface area contributed by atoms with Crippen LogP contribution in [0.5, 0.6) is 5.75 Å². The first kappa shape index (κ1) is 15.7. The average Bonchev–Trinajstić information content (AvgIpc) is 2.55. The number of aliphatic imine (C=N–C) groups is 1. The van der Waals surface area contributed by atoms with Gasteiger partial charge in [-0.2, -0.15) is 0 Å². The molecular formula is C17H27N3O. The lowest BCUT2D eigenvalue weighted by molar-refractivity contribution is 0.338. The number of nitrogens with two attached hydrogens (primary N) is 1. The molecule has 0 aromatic heterocycles. The first-order valence-corrected chi connectivity index (χ1v) is 7.97. The maximum absolute atomic E-state index is 6.04. The fourth-order valence-electron chi connectivity index (χ4n) is 2.65. The molecule has 2 N–H and O–H groups in total. The van der Waals surface area contributed by atoms with Crippen molar-refractivity contribution in [3.63, 3.8) is 0 Å². The van der Waals surface area contributed by atoms with Crippen LogP contribution in [0.15, 0.2) is 29.3 Å². The van der Waals surface area contributed by atoms with Crippen molar-refractivity contribution in [1.82, 2.24) is 4.90 Å². The number of hydrogen-bond donors (Lipinski definition) is 1. The lowest BCUT2D eigenvalue weighted by Crippen LogP contribution is -2.40. The lowest BCUT2D eigenvalue weighted by atomic mass is 10.1. The van der Waals surface area contributed by atoms with Gasteiger partial charge < -0.3 is 15.4 Å². The predicted molar refractivity (Wildman–Crippen MR) is 87.8 cm³/mol. The predicted octanol–water partition coefficient (Wildman–Crippen LogP) is 2.82. The Labute approximate surface area is 128 Å². The summed E-state index contributed by atoms with van der Waals surface area (Å²) in [6.07, 6.45) is 7.12.